The van der Waals surface area contributed by atoms with Gasteiger partial charge in [0, 0.05) is 18.3 Å². The van der Waals surface area contributed by atoms with E-state index in [2.05, 4.69) is 20.9 Å². The Balaban J connectivity index is 2.55. The van der Waals surface area contributed by atoms with Crippen molar-refractivity contribution in [3.8, 4) is 5.69 Å². The lowest BCUT2D eigenvalue weighted by molar-refractivity contribution is 0.0691. The topological polar surface area (TPSA) is 55.1 Å². The summed E-state index contributed by atoms with van der Waals surface area (Å²) in [6.07, 6.45) is 1.95. The van der Waals surface area contributed by atoms with E-state index in [1.807, 2.05) is 6.92 Å². The molecule has 2 rings (SSSR count). The largest absolute Gasteiger partial charge is 0.476 e. The molecule has 0 atom stereocenters. The minimum Gasteiger partial charge on any atom is -0.476 e. The van der Waals surface area contributed by atoms with Crippen molar-refractivity contribution in [3.63, 3.8) is 0 Å². The minimum absolute atomic E-state index is 0.0461. The molecule has 1 heterocycles. The number of aromatic carboxylic acids is 1. The molecule has 0 saturated carbocycles. The Labute approximate surface area is 111 Å². The molecule has 2 aromatic rings. The molecule has 1 N–H and O–H groups in total. The SMILES string of the molecule is CCc1nc(C(=O)O)cn1-c1ccc(Br)c(F)c1. The van der Waals surface area contributed by atoms with E-state index in [4.69, 9.17) is 5.11 Å². The third kappa shape index (κ3) is 2.28. The molecule has 18 heavy (non-hydrogen) atoms. The number of nitrogens with zero attached hydrogens (tertiary/aromatic N) is 2. The fourth-order valence-corrected chi connectivity index (χ4v) is 1.88. The summed E-state index contributed by atoms with van der Waals surface area (Å²) in [5.74, 6) is -0.921. The third-order valence-corrected chi connectivity index (χ3v) is 3.14. The number of aryl methyl sites for hydroxylation is 1. The van der Waals surface area contributed by atoms with Crippen LogP contribution in [0.3, 0.4) is 0 Å². The van der Waals surface area contributed by atoms with Crippen LogP contribution < -0.4 is 0 Å². The van der Waals surface area contributed by atoms with Crippen molar-refractivity contribution >= 4 is 21.9 Å². The molecule has 0 amide bonds. The average Bonchev–Trinajstić information content (AvgIpc) is 2.77. The fraction of sp³-hybridized carbons (Fsp3) is 0.167. The highest BCUT2D eigenvalue weighted by Crippen LogP contribution is 2.20. The number of imidazole rings is 1. The number of hydrogen-bond donors (Lipinski definition) is 1. The highest BCUT2D eigenvalue weighted by molar-refractivity contribution is 9.10. The first-order valence-corrected chi connectivity index (χ1v) is 6.09. The summed E-state index contributed by atoms with van der Waals surface area (Å²) in [7, 11) is 0. The number of hydrogen-bond acceptors (Lipinski definition) is 2. The van der Waals surface area contributed by atoms with Gasteiger partial charge in [-0.1, -0.05) is 6.92 Å². The van der Waals surface area contributed by atoms with Crippen molar-refractivity contribution in [2.24, 2.45) is 0 Å². The number of carboxylic acids is 1. The second-order valence-corrected chi connectivity index (χ2v) is 4.52. The highest BCUT2D eigenvalue weighted by Gasteiger charge is 2.13. The molecule has 0 aliphatic rings. The normalized spacial score (nSPS) is 10.6. The lowest BCUT2D eigenvalue weighted by Crippen LogP contribution is -1.99. The summed E-state index contributed by atoms with van der Waals surface area (Å²) in [6.45, 7) is 1.86. The van der Waals surface area contributed by atoms with Crippen LogP contribution >= 0.6 is 15.9 Å². The first-order valence-electron chi connectivity index (χ1n) is 5.30. The van der Waals surface area contributed by atoms with Crippen LogP contribution in [0.25, 0.3) is 5.69 Å². The van der Waals surface area contributed by atoms with Crippen molar-refractivity contribution in [2.75, 3.05) is 0 Å². The first kappa shape index (κ1) is 12.8. The predicted octanol–water partition coefficient (Wildman–Crippen LogP) is 3.03. The van der Waals surface area contributed by atoms with E-state index in [1.165, 1.54) is 12.3 Å². The van der Waals surface area contributed by atoms with Crippen LogP contribution in [0.5, 0.6) is 0 Å². The minimum atomic E-state index is -1.10. The molecule has 6 heteroatoms. The number of rotatable bonds is 3. The summed E-state index contributed by atoms with van der Waals surface area (Å²) in [5, 5.41) is 8.91. The van der Waals surface area contributed by atoms with E-state index in [0.717, 1.165) is 0 Å². The van der Waals surface area contributed by atoms with Crippen LogP contribution in [0.2, 0.25) is 0 Å². The Morgan fingerprint density at radius 3 is 2.83 bits per heavy atom. The van der Waals surface area contributed by atoms with Gasteiger partial charge >= 0.3 is 5.97 Å². The molecule has 1 aromatic carbocycles. The third-order valence-electron chi connectivity index (χ3n) is 2.50. The van der Waals surface area contributed by atoms with Crippen molar-refractivity contribution in [1.29, 1.82) is 0 Å². The van der Waals surface area contributed by atoms with Gasteiger partial charge in [-0.2, -0.15) is 0 Å². The quantitative estimate of drug-likeness (QED) is 0.947. The fourth-order valence-electron chi connectivity index (χ4n) is 1.63. The van der Waals surface area contributed by atoms with E-state index in [1.54, 1.807) is 16.7 Å². The standard InChI is InChI=1S/C12H10BrFN2O2/c1-2-11-15-10(12(17)18)6-16(11)7-3-4-8(13)9(14)5-7/h3-6H,2H2,1H3,(H,17,18). The van der Waals surface area contributed by atoms with Crippen molar-refractivity contribution in [3.05, 3.63) is 46.2 Å². The maximum atomic E-state index is 13.5. The highest BCUT2D eigenvalue weighted by atomic mass is 79.9. The lowest BCUT2D eigenvalue weighted by atomic mass is 10.3. The average molecular weight is 313 g/mol. The Bertz CT molecular complexity index is 610. The summed E-state index contributed by atoms with van der Waals surface area (Å²) < 4.78 is 15.4. The number of aromatic nitrogens is 2. The van der Waals surface area contributed by atoms with E-state index in [-0.39, 0.29) is 5.69 Å². The Kier molecular flexibility index (Phi) is 3.47. The van der Waals surface area contributed by atoms with E-state index in [9.17, 15) is 9.18 Å². The molecule has 0 unspecified atom stereocenters. The van der Waals surface area contributed by atoms with Gasteiger partial charge in [0.2, 0.25) is 0 Å². The predicted molar refractivity (Wildman–Crippen MR) is 67.6 cm³/mol. The molecule has 94 valence electrons. The van der Waals surface area contributed by atoms with Gasteiger partial charge in [0.25, 0.3) is 0 Å². The molecular weight excluding hydrogens is 303 g/mol. The Hall–Kier alpha value is -1.69. The Morgan fingerprint density at radius 2 is 2.28 bits per heavy atom. The zero-order valence-electron chi connectivity index (χ0n) is 9.52. The van der Waals surface area contributed by atoms with Gasteiger partial charge in [-0.25, -0.2) is 14.2 Å². The summed E-state index contributed by atoms with van der Waals surface area (Å²) in [6, 6.07) is 4.60. The number of halogens is 2. The summed E-state index contributed by atoms with van der Waals surface area (Å²) in [4.78, 5) is 14.9. The second kappa shape index (κ2) is 4.89. The van der Waals surface area contributed by atoms with Gasteiger partial charge in [-0.3, -0.25) is 0 Å². The van der Waals surface area contributed by atoms with Crippen molar-refractivity contribution in [1.82, 2.24) is 9.55 Å². The van der Waals surface area contributed by atoms with Crippen molar-refractivity contribution < 1.29 is 14.3 Å². The molecule has 4 nitrogen and oxygen atoms in total. The van der Waals surface area contributed by atoms with Gasteiger partial charge in [0.05, 0.1) is 4.47 Å². The molecule has 0 aliphatic heterocycles. The van der Waals surface area contributed by atoms with E-state index < -0.39 is 11.8 Å². The van der Waals surface area contributed by atoms with Crippen LogP contribution in [0.1, 0.15) is 23.2 Å². The number of carboxylic acid groups (broad SMARTS) is 1. The smallest absolute Gasteiger partial charge is 0.356 e. The first-order chi connectivity index (χ1) is 8.52. The van der Waals surface area contributed by atoms with Crippen LogP contribution in [0.4, 0.5) is 4.39 Å². The van der Waals surface area contributed by atoms with Crippen LogP contribution in [-0.2, 0) is 6.42 Å². The van der Waals surface area contributed by atoms with E-state index >= 15 is 0 Å². The van der Waals surface area contributed by atoms with E-state index in [0.29, 0.717) is 22.4 Å². The van der Waals surface area contributed by atoms with Crippen LogP contribution in [0.15, 0.2) is 28.9 Å². The molecule has 1 aromatic heterocycles. The zero-order valence-corrected chi connectivity index (χ0v) is 11.1. The van der Waals surface area contributed by atoms with Gasteiger partial charge in [0.15, 0.2) is 5.69 Å². The molecule has 0 saturated heterocycles. The number of benzene rings is 1. The van der Waals surface area contributed by atoms with Gasteiger partial charge in [-0.15, -0.1) is 0 Å². The maximum absolute atomic E-state index is 13.5. The van der Waals surface area contributed by atoms with Gasteiger partial charge in [0.1, 0.15) is 11.6 Å². The summed E-state index contributed by atoms with van der Waals surface area (Å²) in [5.41, 5.74) is 0.503. The van der Waals surface area contributed by atoms with Gasteiger partial charge < -0.3 is 9.67 Å². The van der Waals surface area contributed by atoms with Crippen molar-refractivity contribution in [2.45, 2.75) is 13.3 Å². The molecule has 0 aliphatic carbocycles. The zero-order chi connectivity index (χ0) is 13.3. The summed E-state index contributed by atoms with van der Waals surface area (Å²) >= 11 is 3.07. The molecule has 0 bridgehead atoms. The molecule has 0 fully saturated rings. The second-order valence-electron chi connectivity index (χ2n) is 3.67. The Morgan fingerprint density at radius 1 is 1.56 bits per heavy atom. The van der Waals surface area contributed by atoms with Gasteiger partial charge in [-0.05, 0) is 34.1 Å². The molecular formula is C12H10BrFN2O2. The van der Waals surface area contributed by atoms with Crippen LogP contribution in [0, 0.1) is 5.82 Å². The maximum Gasteiger partial charge on any atom is 0.356 e. The number of carbonyl (C=O) groups is 1. The molecule has 0 radical (unpaired) electrons. The van der Waals surface area contributed by atoms with Crippen LogP contribution in [-0.4, -0.2) is 20.6 Å². The monoisotopic (exact) mass is 312 g/mol. The lowest BCUT2D eigenvalue weighted by Gasteiger charge is -2.06. The molecule has 0 spiro atoms.